The van der Waals surface area contributed by atoms with Gasteiger partial charge in [-0.2, -0.15) is 13.2 Å². The van der Waals surface area contributed by atoms with Crippen molar-refractivity contribution in [2.75, 3.05) is 5.32 Å². The van der Waals surface area contributed by atoms with Gasteiger partial charge in [0.05, 0.1) is 11.3 Å². The number of thiazole rings is 1. The number of fused-ring (bicyclic) bond motifs is 1. The molecule has 0 unspecified atom stereocenters. The van der Waals surface area contributed by atoms with Gasteiger partial charge in [-0.3, -0.25) is 9.20 Å². The third kappa shape index (κ3) is 2.49. The highest BCUT2D eigenvalue weighted by molar-refractivity contribution is 7.15. The number of hydrogen-bond donors (Lipinski definition) is 1. The molecule has 0 fully saturated rings. The molecular formula is C13H8F3N3OS. The number of carbonyl (C=O) groups is 1. The molecule has 2 heterocycles. The van der Waals surface area contributed by atoms with Gasteiger partial charge in [-0.1, -0.05) is 12.1 Å². The molecule has 21 heavy (non-hydrogen) atoms. The normalized spacial score (nSPS) is 11.8. The van der Waals surface area contributed by atoms with Gasteiger partial charge < -0.3 is 5.32 Å². The van der Waals surface area contributed by atoms with Crippen molar-refractivity contribution in [2.45, 2.75) is 6.18 Å². The van der Waals surface area contributed by atoms with Crippen molar-refractivity contribution in [1.29, 1.82) is 0 Å². The average molecular weight is 311 g/mol. The van der Waals surface area contributed by atoms with E-state index in [0.29, 0.717) is 4.96 Å². The molecule has 0 saturated heterocycles. The van der Waals surface area contributed by atoms with Crippen LogP contribution in [0.15, 0.2) is 42.0 Å². The first-order valence-electron chi connectivity index (χ1n) is 5.85. The van der Waals surface area contributed by atoms with Crippen LogP contribution in [0.4, 0.5) is 18.9 Å². The second-order valence-corrected chi connectivity index (χ2v) is 5.03. The third-order valence-corrected chi connectivity index (χ3v) is 3.71. The van der Waals surface area contributed by atoms with Gasteiger partial charge in [-0.15, -0.1) is 11.3 Å². The minimum Gasteiger partial charge on any atom is -0.320 e. The van der Waals surface area contributed by atoms with E-state index in [4.69, 9.17) is 0 Å². The minimum atomic E-state index is -4.52. The number of imidazole rings is 1. The van der Waals surface area contributed by atoms with Crippen molar-refractivity contribution in [1.82, 2.24) is 9.38 Å². The molecule has 0 aliphatic carbocycles. The highest BCUT2D eigenvalue weighted by Gasteiger charge is 2.33. The van der Waals surface area contributed by atoms with Crippen LogP contribution in [0.25, 0.3) is 4.96 Å². The smallest absolute Gasteiger partial charge is 0.320 e. The standard InChI is InChI=1S/C13H8F3N3OS/c14-13(15,16)8-3-1-2-4-9(8)18-11(20)10-7-21-12-17-5-6-19(10)12/h1-7H,(H,18,20). The molecule has 0 atom stereocenters. The Bertz CT molecular complexity index is 806. The predicted octanol–water partition coefficient (Wildman–Crippen LogP) is 3.67. The fourth-order valence-corrected chi connectivity index (χ4v) is 2.75. The summed E-state index contributed by atoms with van der Waals surface area (Å²) < 4.78 is 40.2. The molecule has 1 N–H and O–H groups in total. The van der Waals surface area contributed by atoms with Gasteiger partial charge in [0.2, 0.25) is 0 Å². The van der Waals surface area contributed by atoms with Crippen LogP contribution in [0.3, 0.4) is 0 Å². The van der Waals surface area contributed by atoms with E-state index >= 15 is 0 Å². The maximum atomic E-state index is 12.9. The van der Waals surface area contributed by atoms with Crippen LogP contribution in [0.1, 0.15) is 16.1 Å². The summed E-state index contributed by atoms with van der Waals surface area (Å²) in [6.07, 6.45) is -1.43. The molecule has 0 bridgehead atoms. The van der Waals surface area contributed by atoms with Crippen LogP contribution in [0.2, 0.25) is 0 Å². The van der Waals surface area contributed by atoms with E-state index in [1.165, 1.54) is 40.1 Å². The largest absolute Gasteiger partial charge is 0.418 e. The Labute approximate surface area is 120 Å². The van der Waals surface area contributed by atoms with Gasteiger partial charge in [-0.05, 0) is 12.1 Å². The minimum absolute atomic E-state index is 0.240. The summed E-state index contributed by atoms with van der Waals surface area (Å²) in [5, 5.41) is 3.85. The Hall–Kier alpha value is -2.35. The Morgan fingerprint density at radius 2 is 2.05 bits per heavy atom. The number of benzene rings is 1. The van der Waals surface area contributed by atoms with E-state index < -0.39 is 17.6 Å². The van der Waals surface area contributed by atoms with Crippen LogP contribution >= 0.6 is 11.3 Å². The molecule has 0 saturated carbocycles. The molecule has 0 spiro atoms. The van der Waals surface area contributed by atoms with Crippen LogP contribution < -0.4 is 5.32 Å². The van der Waals surface area contributed by atoms with E-state index in [1.807, 2.05) is 0 Å². The maximum Gasteiger partial charge on any atom is 0.418 e. The number of para-hydroxylation sites is 1. The van der Waals surface area contributed by atoms with Crippen LogP contribution in [-0.4, -0.2) is 15.3 Å². The van der Waals surface area contributed by atoms with Crippen LogP contribution in [-0.2, 0) is 6.18 Å². The lowest BCUT2D eigenvalue weighted by atomic mass is 10.1. The molecule has 8 heteroatoms. The number of hydrogen-bond acceptors (Lipinski definition) is 3. The second-order valence-electron chi connectivity index (χ2n) is 4.20. The van der Waals surface area contributed by atoms with Crippen molar-refractivity contribution in [3.05, 3.63) is 53.3 Å². The van der Waals surface area contributed by atoms with Crippen LogP contribution in [0, 0.1) is 0 Å². The first kappa shape index (κ1) is 13.6. The zero-order valence-electron chi connectivity index (χ0n) is 10.4. The fraction of sp³-hybridized carbons (Fsp3) is 0.0769. The molecule has 0 aliphatic rings. The quantitative estimate of drug-likeness (QED) is 0.785. The number of amides is 1. The Kier molecular flexibility index (Phi) is 3.17. The third-order valence-electron chi connectivity index (χ3n) is 2.86. The van der Waals surface area contributed by atoms with Crippen molar-refractivity contribution < 1.29 is 18.0 Å². The lowest BCUT2D eigenvalue weighted by Gasteiger charge is -2.13. The van der Waals surface area contributed by atoms with Crippen molar-refractivity contribution in [3.8, 4) is 0 Å². The van der Waals surface area contributed by atoms with E-state index in [9.17, 15) is 18.0 Å². The summed E-state index contributed by atoms with van der Waals surface area (Å²) in [5.41, 5.74) is -0.908. The topological polar surface area (TPSA) is 46.4 Å². The highest BCUT2D eigenvalue weighted by Crippen LogP contribution is 2.34. The number of halogens is 3. The summed E-state index contributed by atoms with van der Waals surface area (Å²) in [4.78, 5) is 16.8. The first-order chi connectivity index (χ1) is 9.97. The average Bonchev–Trinajstić information content (AvgIpc) is 2.99. The van der Waals surface area contributed by atoms with Crippen molar-refractivity contribution in [3.63, 3.8) is 0 Å². The number of nitrogens with one attached hydrogen (secondary N) is 1. The SMILES string of the molecule is O=C(Nc1ccccc1C(F)(F)F)c1csc2nccn12. The molecule has 1 aromatic carbocycles. The van der Waals surface area contributed by atoms with E-state index in [2.05, 4.69) is 10.3 Å². The van der Waals surface area contributed by atoms with Crippen molar-refractivity contribution >= 4 is 27.9 Å². The van der Waals surface area contributed by atoms with Crippen LogP contribution in [0.5, 0.6) is 0 Å². The Morgan fingerprint density at radius 1 is 1.29 bits per heavy atom. The number of nitrogens with zero attached hydrogens (tertiary/aromatic N) is 2. The summed E-state index contributed by atoms with van der Waals surface area (Å²) in [7, 11) is 0. The second kappa shape index (κ2) is 4.88. The zero-order valence-corrected chi connectivity index (χ0v) is 11.2. The summed E-state index contributed by atoms with van der Waals surface area (Å²) in [6.45, 7) is 0. The van der Waals surface area contributed by atoms with E-state index in [-0.39, 0.29) is 11.4 Å². The van der Waals surface area contributed by atoms with Gasteiger partial charge in [-0.25, -0.2) is 4.98 Å². The number of carbonyl (C=O) groups excluding carboxylic acids is 1. The maximum absolute atomic E-state index is 12.9. The monoisotopic (exact) mass is 311 g/mol. The lowest BCUT2D eigenvalue weighted by molar-refractivity contribution is -0.136. The van der Waals surface area contributed by atoms with Gasteiger partial charge in [0.25, 0.3) is 5.91 Å². The molecule has 3 rings (SSSR count). The van der Waals surface area contributed by atoms with Gasteiger partial charge in [0, 0.05) is 17.8 Å². The molecule has 1 amide bonds. The number of rotatable bonds is 2. The molecule has 0 aliphatic heterocycles. The van der Waals surface area contributed by atoms with E-state index in [0.717, 1.165) is 6.07 Å². The Morgan fingerprint density at radius 3 is 2.81 bits per heavy atom. The number of anilines is 1. The number of aromatic nitrogens is 2. The first-order valence-corrected chi connectivity index (χ1v) is 6.73. The van der Waals surface area contributed by atoms with E-state index in [1.54, 1.807) is 11.6 Å². The zero-order chi connectivity index (χ0) is 15.0. The predicted molar refractivity (Wildman–Crippen MR) is 72.5 cm³/mol. The van der Waals surface area contributed by atoms with Gasteiger partial charge in [0.1, 0.15) is 5.69 Å². The van der Waals surface area contributed by atoms with Gasteiger partial charge >= 0.3 is 6.18 Å². The molecule has 3 aromatic rings. The fourth-order valence-electron chi connectivity index (χ4n) is 1.91. The van der Waals surface area contributed by atoms with Crippen molar-refractivity contribution in [2.24, 2.45) is 0 Å². The summed E-state index contributed by atoms with van der Waals surface area (Å²) in [6, 6.07) is 4.86. The number of alkyl halides is 3. The molecule has 108 valence electrons. The Balaban J connectivity index is 1.94. The molecule has 4 nitrogen and oxygen atoms in total. The lowest BCUT2D eigenvalue weighted by Crippen LogP contribution is -2.17. The summed E-state index contributed by atoms with van der Waals surface area (Å²) >= 11 is 1.24. The molecular weight excluding hydrogens is 303 g/mol. The highest BCUT2D eigenvalue weighted by atomic mass is 32.1. The molecule has 0 radical (unpaired) electrons. The molecule has 2 aromatic heterocycles. The van der Waals surface area contributed by atoms with Gasteiger partial charge in [0.15, 0.2) is 4.96 Å². The summed E-state index contributed by atoms with van der Waals surface area (Å²) in [5.74, 6) is -0.615.